The number of nitrogens with two attached hydrogens (primary N) is 1. The molecule has 1 aromatic carbocycles. The van der Waals surface area contributed by atoms with Gasteiger partial charge in [-0.15, -0.1) is 0 Å². The van der Waals surface area contributed by atoms with Crippen LogP contribution in [0.4, 0.5) is 11.4 Å². The van der Waals surface area contributed by atoms with E-state index in [1.807, 2.05) is 0 Å². The molecule has 4 N–H and O–H groups in total. The van der Waals surface area contributed by atoms with Crippen LogP contribution in [-0.2, 0) is 10.0 Å². The zero-order chi connectivity index (χ0) is 15.5. The number of hydrogen-bond donors (Lipinski definition) is 3. The fourth-order valence-electron chi connectivity index (χ4n) is 2.99. The lowest BCUT2D eigenvalue weighted by molar-refractivity contribution is 0.328. The molecular weight excluding hydrogens is 286 g/mol. The molecule has 21 heavy (non-hydrogen) atoms. The number of benzene rings is 1. The molecule has 0 aromatic heterocycles. The van der Waals surface area contributed by atoms with Gasteiger partial charge in [-0.05, 0) is 50.9 Å². The number of nitrogen functional groups attached to an aromatic ring is 1. The maximum absolute atomic E-state index is 12.1. The number of hydrogen-bond acceptors (Lipinski definition) is 4. The molecule has 1 unspecified atom stereocenters. The minimum Gasteiger partial charge on any atom is -0.399 e. The molecule has 5 nitrogen and oxygen atoms in total. The largest absolute Gasteiger partial charge is 0.399 e. The summed E-state index contributed by atoms with van der Waals surface area (Å²) in [5.41, 5.74) is 6.80. The van der Waals surface area contributed by atoms with E-state index in [-0.39, 0.29) is 10.9 Å². The zero-order valence-electron chi connectivity index (χ0n) is 12.7. The van der Waals surface area contributed by atoms with Gasteiger partial charge in [-0.2, -0.15) is 0 Å². The van der Waals surface area contributed by atoms with Gasteiger partial charge < -0.3 is 11.1 Å². The third kappa shape index (κ3) is 3.89. The van der Waals surface area contributed by atoms with E-state index in [1.54, 1.807) is 12.1 Å². The van der Waals surface area contributed by atoms with Crippen LogP contribution in [0.2, 0.25) is 0 Å². The molecule has 1 saturated carbocycles. The molecule has 0 heterocycles. The Morgan fingerprint density at radius 3 is 2.52 bits per heavy atom. The normalized spacial score (nSPS) is 18.4. The van der Waals surface area contributed by atoms with Crippen molar-refractivity contribution >= 4 is 21.4 Å². The van der Waals surface area contributed by atoms with Crippen molar-refractivity contribution in [3.63, 3.8) is 0 Å². The van der Waals surface area contributed by atoms with Crippen LogP contribution in [0.15, 0.2) is 23.1 Å². The minimum atomic E-state index is -3.52. The SMILES string of the molecule is CNS(=O)(=O)c1cc(N)ccc1NC(C)C1CCCCC1. The maximum atomic E-state index is 12.1. The molecule has 1 fully saturated rings. The Morgan fingerprint density at radius 2 is 1.90 bits per heavy atom. The van der Waals surface area contributed by atoms with Crippen LogP contribution in [-0.4, -0.2) is 21.5 Å². The van der Waals surface area contributed by atoms with Gasteiger partial charge in [0.05, 0.1) is 5.69 Å². The minimum absolute atomic E-state index is 0.215. The molecule has 1 aliphatic carbocycles. The van der Waals surface area contributed by atoms with Gasteiger partial charge in [0.2, 0.25) is 10.0 Å². The Balaban J connectivity index is 2.23. The standard InChI is InChI=1S/C15H25N3O2S/c1-11(12-6-4-3-5-7-12)18-14-9-8-13(16)10-15(14)21(19,20)17-2/h8-12,17-18H,3-7,16H2,1-2H3. The highest BCUT2D eigenvalue weighted by molar-refractivity contribution is 7.89. The smallest absolute Gasteiger partial charge is 0.242 e. The second-order valence-electron chi connectivity index (χ2n) is 5.79. The molecule has 0 bridgehead atoms. The molecule has 118 valence electrons. The predicted molar refractivity (Wildman–Crippen MR) is 86.8 cm³/mol. The third-order valence-electron chi connectivity index (χ3n) is 4.30. The lowest BCUT2D eigenvalue weighted by Gasteiger charge is -2.29. The number of nitrogens with one attached hydrogen (secondary N) is 2. The van der Waals surface area contributed by atoms with Crippen molar-refractivity contribution in [2.24, 2.45) is 5.92 Å². The van der Waals surface area contributed by atoms with Crippen molar-refractivity contribution in [1.29, 1.82) is 0 Å². The van der Waals surface area contributed by atoms with Crippen molar-refractivity contribution in [1.82, 2.24) is 4.72 Å². The van der Waals surface area contributed by atoms with Crippen LogP contribution in [0.5, 0.6) is 0 Å². The Kier molecular flexibility index (Phi) is 5.11. The Hall–Kier alpha value is -1.27. The van der Waals surface area contributed by atoms with Gasteiger partial charge in [-0.1, -0.05) is 19.3 Å². The molecule has 0 saturated heterocycles. The summed E-state index contributed by atoms with van der Waals surface area (Å²) in [6.45, 7) is 2.13. The Morgan fingerprint density at radius 1 is 1.24 bits per heavy atom. The van der Waals surface area contributed by atoms with Crippen LogP contribution in [0, 0.1) is 5.92 Å². The second kappa shape index (κ2) is 6.66. The summed E-state index contributed by atoms with van der Waals surface area (Å²) in [6, 6.07) is 5.23. The van der Waals surface area contributed by atoms with Crippen molar-refractivity contribution in [2.45, 2.75) is 50.0 Å². The van der Waals surface area contributed by atoms with E-state index in [4.69, 9.17) is 5.73 Å². The molecular formula is C15H25N3O2S. The van der Waals surface area contributed by atoms with E-state index >= 15 is 0 Å². The van der Waals surface area contributed by atoms with E-state index in [1.165, 1.54) is 45.2 Å². The van der Waals surface area contributed by atoms with E-state index in [0.29, 0.717) is 17.3 Å². The first kappa shape index (κ1) is 16.1. The fourth-order valence-corrected chi connectivity index (χ4v) is 3.92. The van der Waals surface area contributed by atoms with Gasteiger partial charge in [0.25, 0.3) is 0 Å². The van der Waals surface area contributed by atoms with Gasteiger partial charge in [0.15, 0.2) is 0 Å². The van der Waals surface area contributed by atoms with Crippen LogP contribution < -0.4 is 15.8 Å². The molecule has 1 aliphatic rings. The molecule has 1 aromatic rings. The fraction of sp³-hybridized carbons (Fsp3) is 0.600. The lowest BCUT2D eigenvalue weighted by atomic mass is 9.84. The Labute approximate surface area is 127 Å². The van der Waals surface area contributed by atoms with Crippen molar-refractivity contribution < 1.29 is 8.42 Å². The molecule has 0 radical (unpaired) electrons. The topological polar surface area (TPSA) is 84.2 Å². The maximum Gasteiger partial charge on any atom is 0.242 e. The van der Waals surface area contributed by atoms with Gasteiger partial charge >= 0.3 is 0 Å². The van der Waals surface area contributed by atoms with E-state index in [9.17, 15) is 8.42 Å². The van der Waals surface area contributed by atoms with Crippen LogP contribution in [0.1, 0.15) is 39.0 Å². The molecule has 6 heteroatoms. The third-order valence-corrected chi connectivity index (χ3v) is 5.76. The van der Waals surface area contributed by atoms with Crippen molar-refractivity contribution in [3.8, 4) is 0 Å². The predicted octanol–water partition coefficient (Wildman–Crippen LogP) is 2.56. The number of anilines is 2. The van der Waals surface area contributed by atoms with Crippen molar-refractivity contribution in [2.75, 3.05) is 18.1 Å². The highest BCUT2D eigenvalue weighted by Gasteiger charge is 2.23. The first-order valence-corrected chi connectivity index (χ1v) is 9.02. The lowest BCUT2D eigenvalue weighted by Crippen LogP contribution is -2.29. The highest BCUT2D eigenvalue weighted by Crippen LogP contribution is 2.30. The highest BCUT2D eigenvalue weighted by atomic mass is 32.2. The zero-order valence-corrected chi connectivity index (χ0v) is 13.5. The quantitative estimate of drug-likeness (QED) is 0.730. The average Bonchev–Trinajstić information content (AvgIpc) is 2.49. The number of sulfonamides is 1. The second-order valence-corrected chi connectivity index (χ2v) is 7.65. The first-order chi connectivity index (χ1) is 9.94. The van der Waals surface area contributed by atoms with E-state index in [2.05, 4.69) is 17.0 Å². The Bertz CT molecular complexity index is 581. The summed E-state index contributed by atoms with van der Waals surface area (Å²) in [7, 11) is -2.11. The van der Waals surface area contributed by atoms with E-state index in [0.717, 1.165) is 0 Å². The summed E-state index contributed by atoms with van der Waals surface area (Å²) in [5, 5.41) is 3.37. The first-order valence-electron chi connectivity index (χ1n) is 7.53. The van der Waals surface area contributed by atoms with Gasteiger partial charge in [-0.25, -0.2) is 13.1 Å². The van der Waals surface area contributed by atoms with Crippen LogP contribution in [0.25, 0.3) is 0 Å². The number of rotatable bonds is 5. The molecule has 0 amide bonds. The summed E-state index contributed by atoms with van der Waals surface area (Å²) in [4.78, 5) is 0.215. The monoisotopic (exact) mass is 311 g/mol. The molecule has 0 aliphatic heterocycles. The summed E-state index contributed by atoms with van der Waals surface area (Å²) in [5.74, 6) is 0.599. The summed E-state index contributed by atoms with van der Waals surface area (Å²) < 4.78 is 26.6. The molecule has 1 atom stereocenters. The van der Waals surface area contributed by atoms with Gasteiger partial charge in [-0.3, -0.25) is 0 Å². The molecule has 0 spiro atoms. The summed E-state index contributed by atoms with van der Waals surface area (Å²) >= 11 is 0. The van der Waals surface area contributed by atoms with Crippen LogP contribution >= 0.6 is 0 Å². The van der Waals surface area contributed by atoms with Gasteiger partial charge in [0, 0.05) is 11.7 Å². The van der Waals surface area contributed by atoms with Crippen LogP contribution in [0.3, 0.4) is 0 Å². The van der Waals surface area contributed by atoms with E-state index < -0.39 is 10.0 Å². The summed E-state index contributed by atoms with van der Waals surface area (Å²) in [6.07, 6.45) is 6.25. The average molecular weight is 311 g/mol. The van der Waals surface area contributed by atoms with Crippen molar-refractivity contribution in [3.05, 3.63) is 18.2 Å². The molecule has 2 rings (SSSR count). The van der Waals surface area contributed by atoms with Gasteiger partial charge in [0.1, 0.15) is 4.90 Å².